The second-order valence-corrected chi connectivity index (χ2v) is 2.99. The van der Waals surface area contributed by atoms with E-state index in [9.17, 15) is 4.39 Å². The first-order valence-electron chi connectivity index (χ1n) is 4.15. The van der Waals surface area contributed by atoms with Crippen LogP contribution in [0.2, 0.25) is 0 Å². The van der Waals surface area contributed by atoms with Crippen LogP contribution in [0.4, 0.5) is 4.39 Å². The number of aryl methyl sites for hydroxylation is 1. The van der Waals surface area contributed by atoms with Crippen LogP contribution in [0.3, 0.4) is 0 Å². The summed E-state index contributed by atoms with van der Waals surface area (Å²) in [5.41, 5.74) is 7.33. The van der Waals surface area contributed by atoms with Crippen molar-refractivity contribution < 1.29 is 9.13 Å². The molecule has 4 heteroatoms. The van der Waals surface area contributed by atoms with Gasteiger partial charge in [-0.3, -0.25) is 0 Å². The minimum Gasteiger partial charge on any atom is -0.496 e. The normalized spacial score (nSPS) is 11.7. The summed E-state index contributed by atoms with van der Waals surface area (Å²) >= 11 is 0. The summed E-state index contributed by atoms with van der Waals surface area (Å²) in [6, 6.07) is 4.93. The summed E-state index contributed by atoms with van der Waals surface area (Å²) in [6.07, 6.45) is 0. The van der Waals surface area contributed by atoms with E-state index in [4.69, 9.17) is 10.5 Å². The van der Waals surface area contributed by atoms with E-state index in [1.807, 2.05) is 19.1 Å². The molecule has 0 radical (unpaired) electrons. The van der Waals surface area contributed by atoms with Gasteiger partial charge in [-0.05, 0) is 24.1 Å². The highest BCUT2D eigenvalue weighted by Gasteiger charge is 2.07. The molecule has 1 aromatic carbocycles. The average Bonchev–Trinajstić information content (AvgIpc) is 2.17. The van der Waals surface area contributed by atoms with Crippen LogP contribution in [0.5, 0.6) is 5.75 Å². The molecule has 0 aliphatic carbocycles. The molecule has 2 nitrogen and oxygen atoms in total. The predicted molar refractivity (Wildman–Crippen MR) is 57.9 cm³/mol. The Morgan fingerprint density at radius 3 is 2.64 bits per heavy atom. The average molecular weight is 220 g/mol. The number of nitrogens with two attached hydrogens (primary N) is 1. The maximum absolute atomic E-state index is 12.2. The summed E-state index contributed by atoms with van der Waals surface area (Å²) in [7, 11) is 1.59. The van der Waals surface area contributed by atoms with Gasteiger partial charge in [-0.25, -0.2) is 4.39 Å². The maximum Gasteiger partial charge on any atom is 0.122 e. The molecule has 0 amide bonds. The van der Waals surface area contributed by atoms with Gasteiger partial charge in [-0.15, -0.1) is 12.4 Å². The lowest BCUT2D eigenvalue weighted by atomic mass is 10.1. The lowest BCUT2D eigenvalue weighted by molar-refractivity contribution is 0.407. The molecule has 1 atom stereocenters. The summed E-state index contributed by atoms with van der Waals surface area (Å²) in [5.74, 6) is 0.751. The van der Waals surface area contributed by atoms with E-state index in [1.54, 1.807) is 13.2 Å². The first-order chi connectivity index (χ1) is 6.19. The van der Waals surface area contributed by atoms with Gasteiger partial charge >= 0.3 is 0 Å². The van der Waals surface area contributed by atoms with Crippen LogP contribution in [0.15, 0.2) is 18.2 Å². The summed E-state index contributed by atoms with van der Waals surface area (Å²) in [5, 5.41) is 0. The Morgan fingerprint density at radius 1 is 1.50 bits per heavy atom. The zero-order chi connectivity index (χ0) is 9.84. The van der Waals surface area contributed by atoms with Gasteiger partial charge in [0.2, 0.25) is 0 Å². The third-order valence-corrected chi connectivity index (χ3v) is 2.03. The standard InChI is InChI=1S/C10H14FNO.ClH/c1-7-3-4-8(9(12)6-11)5-10(7)13-2;/h3-5,9H,6,12H2,1-2H3;1H/t9-;/m1./s1. The molecule has 0 spiro atoms. The highest BCUT2D eigenvalue weighted by atomic mass is 35.5. The van der Waals surface area contributed by atoms with Crippen LogP contribution >= 0.6 is 12.4 Å². The van der Waals surface area contributed by atoms with Crippen molar-refractivity contribution >= 4 is 12.4 Å². The highest BCUT2D eigenvalue weighted by Crippen LogP contribution is 2.22. The van der Waals surface area contributed by atoms with Crippen LogP contribution in [-0.2, 0) is 0 Å². The minimum atomic E-state index is -0.549. The van der Waals surface area contributed by atoms with Crippen molar-refractivity contribution in [2.45, 2.75) is 13.0 Å². The van der Waals surface area contributed by atoms with Crippen molar-refractivity contribution in [2.75, 3.05) is 13.8 Å². The Kier molecular flexibility index (Phi) is 5.50. The molecular formula is C10H15ClFNO. The van der Waals surface area contributed by atoms with Gasteiger partial charge in [0, 0.05) is 0 Å². The smallest absolute Gasteiger partial charge is 0.122 e. The molecule has 0 heterocycles. The molecule has 0 bridgehead atoms. The van der Waals surface area contributed by atoms with Crippen molar-refractivity contribution in [1.82, 2.24) is 0 Å². The first kappa shape index (κ1) is 13.2. The largest absolute Gasteiger partial charge is 0.496 e. The number of benzene rings is 1. The third-order valence-electron chi connectivity index (χ3n) is 2.03. The number of ether oxygens (including phenoxy) is 1. The number of hydrogen-bond donors (Lipinski definition) is 1. The maximum atomic E-state index is 12.2. The van der Waals surface area contributed by atoms with E-state index < -0.39 is 12.7 Å². The van der Waals surface area contributed by atoms with E-state index in [2.05, 4.69) is 0 Å². The van der Waals surface area contributed by atoms with Gasteiger partial charge in [0.15, 0.2) is 0 Å². The summed E-state index contributed by atoms with van der Waals surface area (Å²) in [6.45, 7) is 1.38. The number of hydrogen-bond acceptors (Lipinski definition) is 2. The number of alkyl halides is 1. The molecule has 0 saturated carbocycles. The fourth-order valence-corrected chi connectivity index (χ4v) is 1.16. The minimum absolute atomic E-state index is 0. The number of halogens is 2. The van der Waals surface area contributed by atoms with Gasteiger partial charge in [0.05, 0.1) is 13.2 Å². The van der Waals surface area contributed by atoms with Crippen molar-refractivity contribution in [3.8, 4) is 5.75 Å². The molecule has 80 valence electrons. The van der Waals surface area contributed by atoms with Gasteiger partial charge in [-0.1, -0.05) is 12.1 Å². The lowest BCUT2D eigenvalue weighted by Crippen LogP contribution is -2.12. The van der Waals surface area contributed by atoms with E-state index in [0.29, 0.717) is 0 Å². The molecule has 0 aromatic heterocycles. The van der Waals surface area contributed by atoms with Crippen molar-refractivity contribution in [3.63, 3.8) is 0 Å². The molecular weight excluding hydrogens is 205 g/mol. The zero-order valence-corrected chi connectivity index (χ0v) is 9.10. The number of rotatable bonds is 3. The van der Waals surface area contributed by atoms with Crippen LogP contribution in [-0.4, -0.2) is 13.8 Å². The van der Waals surface area contributed by atoms with Crippen LogP contribution < -0.4 is 10.5 Å². The molecule has 0 fully saturated rings. The van der Waals surface area contributed by atoms with Gasteiger partial charge in [0.1, 0.15) is 12.4 Å². The van der Waals surface area contributed by atoms with Crippen LogP contribution in [0, 0.1) is 6.92 Å². The predicted octanol–water partition coefficient (Wildman–Crippen LogP) is 2.39. The van der Waals surface area contributed by atoms with E-state index >= 15 is 0 Å². The van der Waals surface area contributed by atoms with Crippen molar-refractivity contribution in [2.24, 2.45) is 5.73 Å². The molecule has 0 unspecified atom stereocenters. The Morgan fingerprint density at radius 2 is 2.14 bits per heavy atom. The fraction of sp³-hybridized carbons (Fsp3) is 0.400. The molecule has 0 aliphatic rings. The highest BCUT2D eigenvalue weighted by molar-refractivity contribution is 5.85. The molecule has 0 aliphatic heterocycles. The van der Waals surface area contributed by atoms with Gasteiger partial charge < -0.3 is 10.5 Å². The molecule has 0 saturated heterocycles. The second kappa shape index (κ2) is 5.83. The Balaban J connectivity index is 0.00000169. The monoisotopic (exact) mass is 219 g/mol. The first-order valence-corrected chi connectivity index (χ1v) is 4.15. The van der Waals surface area contributed by atoms with Gasteiger partial charge in [-0.2, -0.15) is 0 Å². The third kappa shape index (κ3) is 2.86. The van der Waals surface area contributed by atoms with E-state index in [0.717, 1.165) is 16.9 Å². The zero-order valence-electron chi connectivity index (χ0n) is 8.29. The molecule has 1 aromatic rings. The van der Waals surface area contributed by atoms with Crippen LogP contribution in [0.1, 0.15) is 17.2 Å². The fourth-order valence-electron chi connectivity index (χ4n) is 1.16. The summed E-state index contributed by atoms with van der Waals surface area (Å²) < 4.78 is 17.3. The Bertz CT molecular complexity index is 293. The quantitative estimate of drug-likeness (QED) is 0.848. The van der Waals surface area contributed by atoms with Crippen molar-refractivity contribution in [3.05, 3.63) is 29.3 Å². The molecule has 14 heavy (non-hydrogen) atoms. The molecule has 2 N–H and O–H groups in total. The SMILES string of the molecule is COc1cc([C@H](N)CF)ccc1C.Cl. The topological polar surface area (TPSA) is 35.2 Å². The van der Waals surface area contributed by atoms with Gasteiger partial charge in [0.25, 0.3) is 0 Å². The lowest BCUT2D eigenvalue weighted by Gasteiger charge is -2.10. The summed E-state index contributed by atoms with van der Waals surface area (Å²) in [4.78, 5) is 0. The Hall–Kier alpha value is -0.800. The van der Waals surface area contributed by atoms with E-state index in [1.165, 1.54) is 0 Å². The van der Waals surface area contributed by atoms with E-state index in [-0.39, 0.29) is 12.4 Å². The Labute approximate surface area is 89.7 Å². The molecule has 1 rings (SSSR count). The number of methoxy groups -OCH3 is 1. The van der Waals surface area contributed by atoms with Crippen LogP contribution in [0.25, 0.3) is 0 Å². The second-order valence-electron chi connectivity index (χ2n) is 2.99. The van der Waals surface area contributed by atoms with Crippen molar-refractivity contribution in [1.29, 1.82) is 0 Å².